The van der Waals surface area contributed by atoms with Gasteiger partial charge in [-0.3, -0.25) is 9.48 Å². The topological polar surface area (TPSA) is 50.2 Å². The van der Waals surface area contributed by atoms with Crippen LogP contribution >= 0.6 is 0 Å². The summed E-state index contributed by atoms with van der Waals surface area (Å²) in [6.45, 7) is 2.91. The van der Waals surface area contributed by atoms with Crippen molar-refractivity contribution in [1.29, 1.82) is 0 Å². The first-order chi connectivity index (χ1) is 9.25. The Kier molecular flexibility index (Phi) is 3.55. The van der Waals surface area contributed by atoms with Gasteiger partial charge < -0.3 is 10.2 Å². The maximum atomic E-state index is 12.5. The molecule has 5 nitrogen and oxygen atoms in total. The molecule has 3 heterocycles. The number of nitrogens with one attached hydrogen (secondary N) is 1. The molecule has 2 atom stereocenters. The van der Waals surface area contributed by atoms with E-state index in [9.17, 15) is 4.79 Å². The van der Waals surface area contributed by atoms with E-state index in [1.54, 1.807) is 16.9 Å². The average molecular weight is 262 g/mol. The Labute approximate surface area is 114 Å². The Hall–Kier alpha value is -1.36. The van der Waals surface area contributed by atoms with Gasteiger partial charge in [-0.2, -0.15) is 5.10 Å². The minimum Gasteiger partial charge on any atom is -0.337 e. The molecular formula is C14H22N4O. The smallest absolute Gasteiger partial charge is 0.272 e. The minimum absolute atomic E-state index is 0.127. The molecule has 0 aliphatic carbocycles. The fourth-order valence-corrected chi connectivity index (χ4v) is 3.38. The van der Waals surface area contributed by atoms with E-state index < -0.39 is 0 Å². The lowest BCUT2D eigenvalue weighted by Gasteiger charge is -2.35. The lowest BCUT2D eigenvalue weighted by Crippen LogP contribution is -2.46. The second-order valence-electron chi connectivity index (χ2n) is 5.70. The van der Waals surface area contributed by atoms with Crippen molar-refractivity contribution in [1.82, 2.24) is 20.0 Å². The zero-order chi connectivity index (χ0) is 13.2. The highest BCUT2D eigenvalue weighted by molar-refractivity contribution is 5.92. The maximum absolute atomic E-state index is 12.5. The van der Waals surface area contributed by atoms with Crippen LogP contribution in [0.5, 0.6) is 0 Å². The summed E-state index contributed by atoms with van der Waals surface area (Å²) in [5, 5.41) is 7.66. The fraction of sp³-hybridized carbons (Fsp3) is 0.714. The van der Waals surface area contributed by atoms with Crippen LogP contribution in [0.15, 0.2) is 12.3 Å². The summed E-state index contributed by atoms with van der Waals surface area (Å²) in [6.07, 6.45) is 6.59. The van der Waals surface area contributed by atoms with E-state index >= 15 is 0 Å². The first-order valence-corrected chi connectivity index (χ1v) is 7.26. The highest BCUT2D eigenvalue weighted by atomic mass is 16.2. The van der Waals surface area contributed by atoms with Crippen LogP contribution in [0, 0.1) is 5.92 Å². The van der Waals surface area contributed by atoms with Crippen molar-refractivity contribution in [3.63, 3.8) is 0 Å². The van der Waals surface area contributed by atoms with Gasteiger partial charge in [-0.15, -0.1) is 0 Å². The predicted molar refractivity (Wildman–Crippen MR) is 72.9 cm³/mol. The van der Waals surface area contributed by atoms with Crippen molar-refractivity contribution in [2.24, 2.45) is 13.0 Å². The number of carbonyl (C=O) groups excluding carboxylic acids is 1. The van der Waals surface area contributed by atoms with Crippen molar-refractivity contribution in [3.8, 4) is 0 Å². The van der Waals surface area contributed by atoms with Gasteiger partial charge in [0.15, 0.2) is 0 Å². The molecule has 2 saturated heterocycles. The highest BCUT2D eigenvalue weighted by Gasteiger charge is 2.31. The first kappa shape index (κ1) is 12.7. The number of carbonyl (C=O) groups is 1. The second kappa shape index (κ2) is 5.33. The monoisotopic (exact) mass is 262 g/mol. The zero-order valence-electron chi connectivity index (χ0n) is 11.5. The second-order valence-corrected chi connectivity index (χ2v) is 5.70. The molecule has 1 aromatic heterocycles. The van der Waals surface area contributed by atoms with Gasteiger partial charge in [0.1, 0.15) is 5.69 Å². The summed E-state index contributed by atoms with van der Waals surface area (Å²) in [7, 11) is 1.83. The van der Waals surface area contributed by atoms with Gasteiger partial charge in [0.05, 0.1) is 0 Å². The molecular weight excluding hydrogens is 240 g/mol. The molecule has 2 fully saturated rings. The van der Waals surface area contributed by atoms with Gasteiger partial charge in [0, 0.05) is 32.4 Å². The normalized spacial score (nSPS) is 27.7. The molecule has 0 saturated carbocycles. The van der Waals surface area contributed by atoms with Gasteiger partial charge in [-0.1, -0.05) is 0 Å². The first-order valence-electron chi connectivity index (χ1n) is 7.26. The van der Waals surface area contributed by atoms with Crippen molar-refractivity contribution >= 4 is 5.91 Å². The standard InChI is InChI=1S/C14H22N4O/c1-17-13(6-8-16-17)14(19)18-9-3-4-11(10-18)12-5-2-7-15-12/h6,8,11-12,15H,2-5,7,9-10H2,1H3. The number of likely N-dealkylation sites (tertiary alicyclic amines) is 1. The Bertz CT molecular complexity index is 450. The third-order valence-electron chi connectivity index (χ3n) is 4.45. The van der Waals surface area contributed by atoms with Crippen molar-refractivity contribution in [2.75, 3.05) is 19.6 Å². The molecule has 2 aliphatic rings. The van der Waals surface area contributed by atoms with Crippen molar-refractivity contribution in [3.05, 3.63) is 18.0 Å². The zero-order valence-corrected chi connectivity index (χ0v) is 11.5. The Balaban J connectivity index is 1.67. The third kappa shape index (κ3) is 2.52. The van der Waals surface area contributed by atoms with Crippen LogP contribution in [0.4, 0.5) is 0 Å². The molecule has 2 unspecified atom stereocenters. The quantitative estimate of drug-likeness (QED) is 0.866. The molecule has 3 rings (SSSR count). The maximum Gasteiger partial charge on any atom is 0.272 e. The van der Waals surface area contributed by atoms with E-state index in [1.165, 1.54) is 19.3 Å². The summed E-state index contributed by atoms with van der Waals surface area (Å²) >= 11 is 0. The van der Waals surface area contributed by atoms with Crippen molar-refractivity contribution in [2.45, 2.75) is 31.7 Å². The fourth-order valence-electron chi connectivity index (χ4n) is 3.38. The molecule has 0 bridgehead atoms. The Morgan fingerprint density at radius 1 is 1.42 bits per heavy atom. The van der Waals surface area contributed by atoms with Gasteiger partial charge in [-0.25, -0.2) is 0 Å². The SMILES string of the molecule is Cn1nccc1C(=O)N1CCCC(C2CCCN2)C1. The molecule has 1 N–H and O–H groups in total. The van der Waals surface area contributed by atoms with Gasteiger partial charge >= 0.3 is 0 Å². The number of rotatable bonds is 2. The third-order valence-corrected chi connectivity index (χ3v) is 4.45. The molecule has 1 aromatic rings. The summed E-state index contributed by atoms with van der Waals surface area (Å²) in [4.78, 5) is 14.5. The molecule has 104 valence electrons. The number of aromatic nitrogens is 2. The largest absolute Gasteiger partial charge is 0.337 e. The van der Waals surface area contributed by atoms with E-state index in [0.717, 1.165) is 26.1 Å². The summed E-state index contributed by atoms with van der Waals surface area (Å²) in [5.41, 5.74) is 0.694. The number of hydrogen-bond donors (Lipinski definition) is 1. The van der Waals surface area contributed by atoms with Gasteiger partial charge in [-0.05, 0) is 44.2 Å². The number of piperidine rings is 1. The highest BCUT2D eigenvalue weighted by Crippen LogP contribution is 2.25. The molecule has 19 heavy (non-hydrogen) atoms. The molecule has 0 radical (unpaired) electrons. The van der Waals surface area contributed by atoms with Crippen LogP contribution in [-0.4, -0.2) is 46.3 Å². The number of amides is 1. The van der Waals surface area contributed by atoms with E-state index in [2.05, 4.69) is 10.4 Å². The number of nitrogens with zero attached hydrogens (tertiary/aromatic N) is 3. The summed E-state index contributed by atoms with van der Waals surface area (Å²) in [5.74, 6) is 0.746. The minimum atomic E-state index is 0.127. The summed E-state index contributed by atoms with van der Waals surface area (Å²) < 4.78 is 1.67. The van der Waals surface area contributed by atoms with E-state index in [-0.39, 0.29) is 5.91 Å². The van der Waals surface area contributed by atoms with Crippen LogP contribution in [0.1, 0.15) is 36.2 Å². The number of aryl methyl sites for hydroxylation is 1. The van der Waals surface area contributed by atoms with Crippen LogP contribution < -0.4 is 5.32 Å². The molecule has 0 spiro atoms. The molecule has 2 aliphatic heterocycles. The van der Waals surface area contributed by atoms with Crippen LogP contribution in [-0.2, 0) is 7.05 Å². The van der Waals surface area contributed by atoms with Crippen LogP contribution in [0.3, 0.4) is 0 Å². The lowest BCUT2D eigenvalue weighted by molar-refractivity contribution is 0.0640. The van der Waals surface area contributed by atoms with Crippen LogP contribution in [0.25, 0.3) is 0 Å². The van der Waals surface area contributed by atoms with Gasteiger partial charge in [0.25, 0.3) is 5.91 Å². The average Bonchev–Trinajstić information content (AvgIpc) is 3.09. The van der Waals surface area contributed by atoms with E-state index in [0.29, 0.717) is 17.7 Å². The predicted octanol–water partition coefficient (Wildman–Crippen LogP) is 1.02. The molecule has 0 aromatic carbocycles. The van der Waals surface area contributed by atoms with Gasteiger partial charge in [0.2, 0.25) is 0 Å². The van der Waals surface area contributed by atoms with E-state index in [4.69, 9.17) is 0 Å². The Morgan fingerprint density at radius 2 is 2.32 bits per heavy atom. The number of hydrogen-bond acceptors (Lipinski definition) is 3. The molecule has 5 heteroatoms. The van der Waals surface area contributed by atoms with E-state index in [1.807, 2.05) is 11.9 Å². The van der Waals surface area contributed by atoms with Crippen molar-refractivity contribution < 1.29 is 4.79 Å². The summed E-state index contributed by atoms with van der Waals surface area (Å²) in [6, 6.07) is 2.42. The van der Waals surface area contributed by atoms with Crippen LogP contribution in [0.2, 0.25) is 0 Å². The Morgan fingerprint density at radius 3 is 3.00 bits per heavy atom. The molecule has 1 amide bonds. The lowest BCUT2D eigenvalue weighted by atomic mass is 9.89.